The van der Waals surface area contributed by atoms with Crippen molar-refractivity contribution in [3.8, 4) is 11.4 Å². The van der Waals surface area contributed by atoms with E-state index in [1.165, 1.54) is 16.8 Å². The average molecular weight is 431 g/mol. The summed E-state index contributed by atoms with van der Waals surface area (Å²) in [5.74, 6) is 0.213. The molecule has 0 saturated heterocycles. The van der Waals surface area contributed by atoms with Gasteiger partial charge in [0.25, 0.3) is 0 Å². The number of oxime groups is 1. The maximum absolute atomic E-state index is 12.6. The standard InChI is InChI=1S/C27H30N2O3/c1-17-11-18(2)13-21(12-17)29-19(3)14-23-24(15-27(4,5)16-25(23)29)28-32-26(30)20-7-9-22(31-6)10-8-20/h7-14H,15-16H2,1-6H3/b28-24+. The van der Waals surface area contributed by atoms with Crippen molar-refractivity contribution in [3.05, 3.63) is 82.2 Å². The molecule has 0 bridgehead atoms. The van der Waals surface area contributed by atoms with Gasteiger partial charge in [-0.1, -0.05) is 25.1 Å². The van der Waals surface area contributed by atoms with Crippen LogP contribution in [0.4, 0.5) is 0 Å². The average Bonchev–Trinajstić information content (AvgIpc) is 3.05. The van der Waals surface area contributed by atoms with Gasteiger partial charge in [0.2, 0.25) is 0 Å². The van der Waals surface area contributed by atoms with Gasteiger partial charge in [-0.25, -0.2) is 4.79 Å². The fraction of sp³-hybridized carbons (Fsp3) is 0.333. The molecule has 32 heavy (non-hydrogen) atoms. The van der Waals surface area contributed by atoms with Crippen LogP contribution in [-0.4, -0.2) is 23.4 Å². The van der Waals surface area contributed by atoms with Gasteiger partial charge >= 0.3 is 5.97 Å². The van der Waals surface area contributed by atoms with E-state index in [0.29, 0.717) is 11.3 Å². The van der Waals surface area contributed by atoms with Crippen molar-refractivity contribution in [2.45, 2.75) is 47.5 Å². The summed E-state index contributed by atoms with van der Waals surface area (Å²) in [5.41, 5.74) is 8.30. The number of ether oxygens (including phenoxy) is 1. The van der Waals surface area contributed by atoms with Crippen LogP contribution in [0.5, 0.6) is 5.75 Å². The Hall–Kier alpha value is -3.34. The zero-order chi connectivity index (χ0) is 23.0. The minimum atomic E-state index is -0.476. The van der Waals surface area contributed by atoms with E-state index >= 15 is 0 Å². The second kappa shape index (κ2) is 8.30. The fourth-order valence-corrected chi connectivity index (χ4v) is 4.58. The monoisotopic (exact) mass is 430 g/mol. The Morgan fingerprint density at radius 3 is 2.25 bits per heavy atom. The predicted octanol–water partition coefficient (Wildman–Crippen LogP) is 5.94. The second-order valence-corrected chi connectivity index (χ2v) is 9.49. The molecule has 2 aromatic carbocycles. The summed E-state index contributed by atoms with van der Waals surface area (Å²) in [6.45, 7) is 10.8. The lowest BCUT2D eigenvalue weighted by molar-refractivity contribution is 0.0514. The number of benzene rings is 2. The molecule has 3 aromatic rings. The van der Waals surface area contributed by atoms with E-state index in [-0.39, 0.29) is 5.41 Å². The van der Waals surface area contributed by atoms with Crippen molar-refractivity contribution in [2.24, 2.45) is 10.6 Å². The number of aromatic nitrogens is 1. The molecule has 0 atom stereocenters. The third-order valence-electron chi connectivity index (χ3n) is 5.92. The van der Waals surface area contributed by atoms with Crippen LogP contribution in [0.1, 0.15) is 58.7 Å². The van der Waals surface area contributed by atoms with Crippen molar-refractivity contribution >= 4 is 11.7 Å². The highest BCUT2D eigenvalue weighted by Crippen LogP contribution is 2.38. The van der Waals surface area contributed by atoms with Crippen LogP contribution in [0.25, 0.3) is 5.69 Å². The molecule has 0 aliphatic heterocycles. The highest BCUT2D eigenvalue weighted by atomic mass is 16.7. The van der Waals surface area contributed by atoms with Crippen LogP contribution in [0, 0.1) is 26.2 Å². The largest absolute Gasteiger partial charge is 0.497 e. The Balaban J connectivity index is 1.70. The number of carbonyl (C=O) groups is 1. The maximum Gasteiger partial charge on any atom is 0.365 e. The molecule has 0 fully saturated rings. The first-order valence-electron chi connectivity index (χ1n) is 10.9. The summed E-state index contributed by atoms with van der Waals surface area (Å²) in [5, 5.41) is 4.34. The smallest absolute Gasteiger partial charge is 0.365 e. The number of hydrogen-bond acceptors (Lipinski definition) is 4. The van der Waals surface area contributed by atoms with E-state index in [0.717, 1.165) is 35.5 Å². The SMILES string of the molecule is COc1ccc(C(=O)O/N=C2\CC(C)(C)Cc3c2cc(C)n3-c2cc(C)cc(C)c2)cc1. The number of rotatable bonds is 4. The first kappa shape index (κ1) is 21.9. The highest BCUT2D eigenvalue weighted by molar-refractivity contribution is 6.03. The number of fused-ring (bicyclic) bond motifs is 1. The van der Waals surface area contributed by atoms with E-state index in [9.17, 15) is 4.79 Å². The zero-order valence-electron chi connectivity index (χ0n) is 19.7. The minimum Gasteiger partial charge on any atom is -0.497 e. The van der Waals surface area contributed by atoms with Crippen LogP contribution in [-0.2, 0) is 11.3 Å². The fourth-order valence-electron chi connectivity index (χ4n) is 4.58. The van der Waals surface area contributed by atoms with Crippen molar-refractivity contribution in [1.82, 2.24) is 4.57 Å². The molecule has 0 spiro atoms. The maximum atomic E-state index is 12.6. The molecule has 1 aliphatic carbocycles. The molecule has 1 heterocycles. The third-order valence-corrected chi connectivity index (χ3v) is 5.92. The first-order valence-corrected chi connectivity index (χ1v) is 10.9. The van der Waals surface area contributed by atoms with E-state index in [1.54, 1.807) is 31.4 Å². The van der Waals surface area contributed by atoms with Gasteiger partial charge in [0.05, 0.1) is 18.4 Å². The zero-order valence-corrected chi connectivity index (χ0v) is 19.7. The summed E-state index contributed by atoms with van der Waals surface area (Å²) >= 11 is 0. The molecule has 4 rings (SSSR count). The topological polar surface area (TPSA) is 52.8 Å². The molecule has 166 valence electrons. The molecule has 5 nitrogen and oxygen atoms in total. The van der Waals surface area contributed by atoms with Gasteiger partial charge in [0.1, 0.15) is 5.75 Å². The first-order chi connectivity index (χ1) is 15.2. The number of methoxy groups -OCH3 is 1. The Bertz CT molecular complexity index is 1180. The normalized spacial score (nSPS) is 16.0. The summed E-state index contributed by atoms with van der Waals surface area (Å²) in [7, 11) is 1.59. The van der Waals surface area contributed by atoms with E-state index < -0.39 is 5.97 Å². The number of nitrogens with zero attached hydrogens (tertiary/aromatic N) is 2. The Labute approximate surface area is 189 Å². The summed E-state index contributed by atoms with van der Waals surface area (Å²) in [6.07, 6.45) is 1.67. The van der Waals surface area contributed by atoms with Crippen molar-refractivity contribution in [1.29, 1.82) is 0 Å². The minimum absolute atomic E-state index is 0.000231. The molecule has 0 N–H and O–H groups in total. The molecular weight excluding hydrogens is 400 g/mol. The van der Waals surface area contributed by atoms with Crippen LogP contribution in [0.15, 0.2) is 53.7 Å². The van der Waals surface area contributed by atoms with E-state index in [4.69, 9.17) is 9.57 Å². The van der Waals surface area contributed by atoms with Crippen molar-refractivity contribution in [2.75, 3.05) is 7.11 Å². The summed E-state index contributed by atoms with van der Waals surface area (Å²) < 4.78 is 7.47. The van der Waals surface area contributed by atoms with Crippen LogP contribution >= 0.6 is 0 Å². The van der Waals surface area contributed by atoms with Gasteiger partial charge in [-0.15, -0.1) is 0 Å². The molecule has 5 heteroatoms. The molecule has 0 radical (unpaired) electrons. The quantitative estimate of drug-likeness (QED) is 0.380. The van der Waals surface area contributed by atoms with Gasteiger partial charge in [0.15, 0.2) is 0 Å². The van der Waals surface area contributed by atoms with Crippen LogP contribution in [0.3, 0.4) is 0 Å². The summed E-state index contributed by atoms with van der Waals surface area (Å²) in [6, 6.07) is 15.6. The van der Waals surface area contributed by atoms with Crippen molar-refractivity contribution in [3.63, 3.8) is 0 Å². The van der Waals surface area contributed by atoms with Gasteiger partial charge in [-0.05, 0) is 92.6 Å². The molecule has 0 amide bonds. The van der Waals surface area contributed by atoms with Gasteiger partial charge in [0, 0.05) is 22.6 Å². The molecular formula is C27H30N2O3. The number of carbonyl (C=O) groups excluding carboxylic acids is 1. The van der Waals surface area contributed by atoms with Gasteiger partial charge < -0.3 is 14.1 Å². The second-order valence-electron chi connectivity index (χ2n) is 9.49. The molecule has 0 saturated carbocycles. The number of aryl methyl sites for hydroxylation is 3. The van der Waals surface area contributed by atoms with Gasteiger partial charge in [-0.3, -0.25) is 0 Å². The lowest BCUT2D eigenvalue weighted by atomic mass is 9.76. The number of hydrogen-bond donors (Lipinski definition) is 0. The Kier molecular flexibility index (Phi) is 5.68. The lowest BCUT2D eigenvalue weighted by Crippen LogP contribution is -2.28. The predicted molar refractivity (Wildman–Crippen MR) is 127 cm³/mol. The van der Waals surface area contributed by atoms with Gasteiger partial charge in [-0.2, -0.15) is 0 Å². The van der Waals surface area contributed by atoms with E-state index in [2.05, 4.69) is 68.6 Å². The summed E-state index contributed by atoms with van der Waals surface area (Å²) in [4.78, 5) is 17.9. The Morgan fingerprint density at radius 1 is 0.969 bits per heavy atom. The van der Waals surface area contributed by atoms with Crippen LogP contribution < -0.4 is 4.74 Å². The van der Waals surface area contributed by atoms with E-state index in [1.807, 2.05) is 0 Å². The molecule has 1 aromatic heterocycles. The third kappa shape index (κ3) is 4.33. The van der Waals surface area contributed by atoms with Crippen molar-refractivity contribution < 1.29 is 14.4 Å². The molecule has 1 aliphatic rings. The molecule has 0 unspecified atom stereocenters. The lowest BCUT2D eigenvalue weighted by Gasteiger charge is -2.31. The van der Waals surface area contributed by atoms with Crippen LogP contribution in [0.2, 0.25) is 0 Å². The highest BCUT2D eigenvalue weighted by Gasteiger charge is 2.34. The Morgan fingerprint density at radius 2 is 1.62 bits per heavy atom.